The highest BCUT2D eigenvalue weighted by atomic mass is 16.5. The molecular formula is C27H46N6O4. The average molecular weight is 519 g/mol. The van der Waals surface area contributed by atoms with Gasteiger partial charge in [-0.3, -0.25) is 10.1 Å². The molecule has 37 heavy (non-hydrogen) atoms. The van der Waals surface area contributed by atoms with E-state index in [0.717, 1.165) is 38.8 Å². The summed E-state index contributed by atoms with van der Waals surface area (Å²) in [7, 11) is 2.03. The highest BCUT2D eigenvalue weighted by Crippen LogP contribution is 2.29. The Balaban J connectivity index is 1.83. The predicted molar refractivity (Wildman–Crippen MR) is 142 cm³/mol. The van der Waals surface area contributed by atoms with Gasteiger partial charge in [-0.25, -0.2) is 9.79 Å². The van der Waals surface area contributed by atoms with Gasteiger partial charge in [0.2, 0.25) is 11.9 Å². The Labute approximate surface area is 222 Å². The van der Waals surface area contributed by atoms with Crippen LogP contribution in [0.2, 0.25) is 0 Å². The molecule has 2 saturated heterocycles. The van der Waals surface area contributed by atoms with Gasteiger partial charge in [-0.2, -0.15) is 5.26 Å². The number of nitrogens with one attached hydrogen (secondary N) is 2. The number of carbonyl (C=O) groups excluding carboxylic acids is 2. The molecule has 0 radical (unpaired) electrons. The third-order valence-corrected chi connectivity index (χ3v) is 7.44. The summed E-state index contributed by atoms with van der Waals surface area (Å²) in [5.41, 5.74) is -1.06. The van der Waals surface area contributed by atoms with E-state index in [1.54, 1.807) is 0 Å². The van der Waals surface area contributed by atoms with Gasteiger partial charge in [0, 0.05) is 26.2 Å². The van der Waals surface area contributed by atoms with Gasteiger partial charge in [-0.15, -0.1) is 0 Å². The Morgan fingerprint density at radius 2 is 1.78 bits per heavy atom. The molecule has 1 aliphatic carbocycles. The minimum atomic E-state index is -0.887. The minimum absolute atomic E-state index is 0.170. The maximum absolute atomic E-state index is 13.7. The molecule has 0 spiro atoms. The second-order valence-corrected chi connectivity index (χ2v) is 12.1. The summed E-state index contributed by atoms with van der Waals surface area (Å²) in [6.45, 7) is 9.91. The number of amides is 2. The lowest BCUT2D eigenvalue weighted by molar-refractivity contribution is -0.124. The van der Waals surface area contributed by atoms with Gasteiger partial charge in [-0.1, -0.05) is 52.9 Å². The molecule has 1 atom stereocenters. The fraction of sp³-hybridized carbons (Fsp3) is 0.852. The first kappa shape index (κ1) is 29.2. The number of morpholine rings is 1. The summed E-state index contributed by atoms with van der Waals surface area (Å²) < 4.78 is 10.9. The number of likely N-dealkylation sites (tertiary alicyclic amines) is 1. The highest BCUT2D eigenvalue weighted by Gasteiger charge is 2.38. The SMILES string of the molecule is CN1CCC(C#N)(NC(=O)[C@H](CC2CCCCC2)N=C(NC(=O)OCC(C)(C)C)N2CCOCC2)CC1. The van der Waals surface area contributed by atoms with Gasteiger partial charge < -0.3 is 24.6 Å². The zero-order chi connectivity index (χ0) is 26.9. The van der Waals surface area contributed by atoms with E-state index in [2.05, 4.69) is 21.6 Å². The lowest BCUT2D eigenvalue weighted by atomic mass is 9.84. The third kappa shape index (κ3) is 9.46. The number of nitriles is 1. The molecule has 2 N–H and O–H groups in total. The van der Waals surface area contributed by atoms with Crippen molar-refractivity contribution in [2.24, 2.45) is 16.3 Å². The molecule has 10 nitrogen and oxygen atoms in total. The van der Waals surface area contributed by atoms with Crippen LogP contribution in [0.3, 0.4) is 0 Å². The van der Waals surface area contributed by atoms with Crippen molar-refractivity contribution in [2.75, 3.05) is 53.0 Å². The van der Waals surface area contributed by atoms with Gasteiger partial charge >= 0.3 is 6.09 Å². The van der Waals surface area contributed by atoms with Crippen molar-refractivity contribution in [3.8, 4) is 6.07 Å². The van der Waals surface area contributed by atoms with E-state index in [1.165, 1.54) is 6.42 Å². The Bertz CT molecular complexity index is 829. The molecule has 208 valence electrons. The summed E-state index contributed by atoms with van der Waals surface area (Å²) >= 11 is 0. The molecule has 2 aliphatic heterocycles. The van der Waals surface area contributed by atoms with Gasteiger partial charge in [0.05, 0.1) is 25.9 Å². The van der Waals surface area contributed by atoms with Crippen LogP contribution >= 0.6 is 0 Å². The summed E-state index contributed by atoms with van der Waals surface area (Å²) in [5, 5.41) is 15.9. The fourth-order valence-corrected chi connectivity index (χ4v) is 5.07. The predicted octanol–water partition coefficient (Wildman–Crippen LogP) is 2.89. The first-order chi connectivity index (χ1) is 17.6. The van der Waals surface area contributed by atoms with Crippen LogP contribution in [0.25, 0.3) is 0 Å². The van der Waals surface area contributed by atoms with Crippen molar-refractivity contribution in [1.82, 2.24) is 20.4 Å². The summed E-state index contributed by atoms with van der Waals surface area (Å²) in [4.78, 5) is 35.4. The van der Waals surface area contributed by atoms with Crippen molar-refractivity contribution < 1.29 is 19.1 Å². The monoisotopic (exact) mass is 518 g/mol. The van der Waals surface area contributed by atoms with Crippen LogP contribution in [0, 0.1) is 22.7 Å². The first-order valence-electron chi connectivity index (χ1n) is 13.9. The number of guanidine groups is 1. The fourth-order valence-electron chi connectivity index (χ4n) is 5.07. The van der Waals surface area contributed by atoms with Crippen LogP contribution < -0.4 is 10.6 Å². The number of piperidine rings is 1. The van der Waals surface area contributed by atoms with Gasteiger partial charge in [0.25, 0.3) is 0 Å². The normalized spacial score (nSPS) is 22.6. The summed E-state index contributed by atoms with van der Waals surface area (Å²) in [5.74, 6) is 0.488. The number of hydrogen-bond acceptors (Lipinski definition) is 7. The molecule has 0 bridgehead atoms. The molecule has 1 saturated carbocycles. The van der Waals surface area contributed by atoms with Crippen molar-refractivity contribution in [3.63, 3.8) is 0 Å². The molecule has 2 heterocycles. The number of carbonyl (C=O) groups is 2. The van der Waals surface area contributed by atoms with Crippen LogP contribution in [0.1, 0.15) is 72.1 Å². The second kappa shape index (κ2) is 13.4. The number of hydrogen-bond donors (Lipinski definition) is 2. The largest absolute Gasteiger partial charge is 0.449 e. The van der Waals surface area contributed by atoms with E-state index in [4.69, 9.17) is 14.5 Å². The van der Waals surface area contributed by atoms with E-state index >= 15 is 0 Å². The molecule has 2 amide bonds. The summed E-state index contributed by atoms with van der Waals surface area (Å²) in [6, 6.07) is 1.68. The number of rotatable bonds is 6. The number of alkyl carbamates (subject to hydrolysis) is 1. The minimum Gasteiger partial charge on any atom is -0.449 e. The Hall–Kier alpha value is -2.38. The second-order valence-electron chi connectivity index (χ2n) is 12.1. The van der Waals surface area contributed by atoms with Crippen molar-refractivity contribution >= 4 is 18.0 Å². The van der Waals surface area contributed by atoms with Gasteiger partial charge in [0.15, 0.2) is 0 Å². The molecule has 3 fully saturated rings. The first-order valence-corrected chi connectivity index (χ1v) is 13.9. The van der Waals surface area contributed by atoms with E-state index in [9.17, 15) is 14.9 Å². The molecule has 0 unspecified atom stereocenters. The van der Waals surface area contributed by atoms with Crippen LogP contribution in [0.5, 0.6) is 0 Å². The van der Waals surface area contributed by atoms with Crippen molar-refractivity contribution in [1.29, 1.82) is 5.26 Å². The van der Waals surface area contributed by atoms with E-state index in [1.807, 2.05) is 32.7 Å². The van der Waals surface area contributed by atoms with Crippen molar-refractivity contribution in [3.05, 3.63) is 0 Å². The molecule has 3 rings (SSSR count). The Kier molecular flexibility index (Phi) is 10.6. The standard InChI is InChI=1S/C27H46N6O4/c1-26(2,3)20-37-25(35)30-24(33-14-16-36-17-15-33)29-22(18-21-8-6-5-7-9-21)23(34)31-27(19-28)10-12-32(4)13-11-27/h21-22H,5-18,20H2,1-4H3,(H,31,34)(H,29,30,35)/t22-/m0/s1. The Morgan fingerprint density at radius 1 is 1.14 bits per heavy atom. The average Bonchev–Trinajstić information content (AvgIpc) is 2.89. The molecule has 0 aromatic carbocycles. The highest BCUT2D eigenvalue weighted by molar-refractivity contribution is 5.96. The van der Waals surface area contributed by atoms with Crippen LogP contribution in [0.15, 0.2) is 4.99 Å². The molecule has 10 heteroatoms. The zero-order valence-corrected chi connectivity index (χ0v) is 23.2. The van der Waals surface area contributed by atoms with E-state index in [0.29, 0.717) is 57.4 Å². The van der Waals surface area contributed by atoms with Gasteiger partial charge in [0.1, 0.15) is 11.6 Å². The third-order valence-electron chi connectivity index (χ3n) is 7.44. The number of aliphatic imine (C=N–C) groups is 1. The lowest BCUT2D eigenvalue weighted by Gasteiger charge is -2.37. The smallest absolute Gasteiger partial charge is 0.413 e. The quantitative estimate of drug-likeness (QED) is 0.410. The summed E-state index contributed by atoms with van der Waals surface area (Å²) in [6.07, 6.45) is 6.86. The topological polar surface area (TPSA) is 119 Å². The molecule has 0 aromatic rings. The molecule has 0 aromatic heterocycles. The van der Waals surface area contributed by atoms with E-state index in [-0.39, 0.29) is 17.9 Å². The number of nitrogens with zero attached hydrogens (tertiary/aromatic N) is 4. The maximum Gasteiger partial charge on any atom is 0.413 e. The van der Waals surface area contributed by atoms with Crippen molar-refractivity contribution in [2.45, 2.75) is 83.7 Å². The van der Waals surface area contributed by atoms with Crippen LogP contribution in [-0.4, -0.2) is 92.4 Å². The lowest BCUT2D eigenvalue weighted by Crippen LogP contribution is -2.56. The van der Waals surface area contributed by atoms with Crippen LogP contribution in [-0.2, 0) is 14.3 Å². The van der Waals surface area contributed by atoms with Gasteiger partial charge in [-0.05, 0) is 37.6 Å². The van der Waals surface area contributed by atoms with E-state index < -0.39 is 17.7 Å². The molecule has 3 aliphatic rings. The van der Waals surface area contributed by atoms with Crippen LogP contribution in [0.4, 0.5) is 4.79 Å². The molecular weight excluding hydrogens is 472 g/mol. The Morgan fingerprint density at radius 3 is 2.38 bits per heavy atom. The zero-order valence-electron chi connectivity index (χ0n) is 23.2. The number of ether oxygens (including phenoxy) is 2. The maximum atomic E-state index is 13.7.